The third-order valence-electron chi connectivity index (χ3n) is 2.16. The van der Waals surface area contributed by atoms with Gasteiger partial charge in [0.25, 0.3) is 0 Å². The molecule has 0 radical (unpaired) electrons. The van der Waals surface area contributed by atoms with Crippen LogP contribution in [0.3, 0.4) is 0 Å². The molecule has 0 aliphatic heterocycles. The summed E-state index contributed by atoms with van der Waals surface area (Å²) >= 11 is 5.72. The Balaban J connectivity index is 2.05. The highest BCUT2D eigenvalue weighted by Crippen LogP contribution is 2.13. The van der Waals surface area contributed by atoms with Gasteiger partial charge in [-0.2, -0.15) is 15.0 Å². The van der Waals surface area contributed by atoms with Crippen LogP contribution in [0.5, 0.6) is 11.8 Å². The first-order valence-corrected chi connectivity index (χ1v) is 5.52. The lowest BCUT2D eigenvalue weighted by molar-refractivity contribution is 0.379. The van der Waals surface area contributed by atoms with Gasteiger partial charge in [0.05, 0.1) is 7.11 Å². The molecule has 0 atom stereocenters. The topological polar surface area (TPSA) is 80.2 Å². The summed E-state index contributed by atoms with van der Waals surface area (Å²) in [7, 11) is 1.45. The van der Waals surface area contributed by atoms with Gasteiger partial charge in [-0.15, -0.1) is 0 Å². The number of halogens is 1. The minimum absolute atomic E-state index is 0.0649. The van der Waals surface area contributed by atoms with Crippen LogP contribution < -0.4 is 10.1 Å². The molecule has 0 amide bonds. The molecular weight excluding hydrogens is 256 g/mol. The summed E-state index contributed by atoms with van der Waals surface area (Å²) in [6.07, 6.45) is 0. The van der Waals surface area contributed by atoms with E-state index in [0.717, 1.165) is 5.56 Å². The number of ether oxygens (including phenoxy) is 1. The van der Waals surface area contributed by atoms with Crippen molar-refractivity contribution in [2.24, 2.45) is 0 Å². The fraction of sp³-hybridized carbons (Fsp3) is 0.182. The van der Waals surface area contributed by atoms with E-state index in [0.29, 0.717) is 12.5 Å². The number of nitrogens with zero attached hydrogens (tertiary/aromatic N) is 3. The molecule has 0 saturated heterocycles. The number of rotatable bonds is 4. The highest BCUT2D eigenvalue weighted by atomic mass is 35.5. The van der Waals surface area contributed by atoms with Crippen molar-refractivity contribution in [1.82, 2.24) is 15.0 Å². The number of aromatic nitrogens is 3. The van der Waals surface area contributed by atoms with Crippen LogP contribution in [-0.4, -0.2) is 27.2 Å². The molecule has 94 valence electrons. The Morgan fingerprint density at radius 3 is 2.61 bits per heavy atom. The van der Waals surface area contributed by atoms with Crippen LogP contribution in [0.15, 0.2) is 24.3 Å². The number of benzene rings is 1. The maximum Gasteiger partial charge on any atom is 0.322 e. The monoisotopic (exact) mass is 266 g/mol. The Morgan fingerprint density at radius 1 is 1.22 bits per heavy atom. The van der Waals surface area contributed by atoms with Crippen LogP contribution in [0, 0.1) is 0 Å². The largest absolute Gasteiger partial charge is 0.508 e. The fourth-order valence-corrected chi connectivity index (χ4v) is 1.45. The maximum atomic E-state index is 9.16. The minimum atomic E-state index is 0.0649. The van der Waals surface area contributed by atoms with E-state index in [-0.39, 0.29) is 17.0 Å². The van der Waals surface area contributed by atoms with E-state index in [1.807, 2.05) is 0 Å². The summed E-state index contributed by atoms with van der Waals surface area (Å²) in [5.41, 5.74) is 0.975. The van der Waals surface area contributed by atoms with Gasteiger partial charge in [-0.25, -0.2) is 0 Å². The van der Waals surface area contributed by atoms with E-state index in [9.17, 15) is 0 Å². The van der Waals surface area contributed by atoms with Crippen LogP contribution in [0.4, 0.5) is 5.95 Å². The first-order valence-electron chi connectivity index (χ1n) is 5.15. The maximum absolute atomic E-state index is 9.16. The van der Waals surface area contributed by atoms with Crippen molar-refractivity contribution < 1.29 is 9.84 Å². The predicted molar refractivity (Wildman–Crippen MR) is 66.8 cm³/mol. The second-order valence-corrected chi connectivity index (χ2v) is 3.77. The van der Waals surface area contributed by atoms with Gasteiger partial charge in [-0.1, -0.05) is 12.1 Å². The van der Waals surface area contributed by atoms with Gasteiger partial charge in [0.15, 0.2) is 0 Å². The molecule has 0 fully saturated rings. The molecule has 7 heteroatoms. The molecular formula is C11H11ClN4O2. The summed E-state index contributed by atoms with van der Waals surface area (Å²) in [5, 5.41) is 12.2. The minimum Gasteiger partial charge on any atom is -0.508 e. The number of phenols is 1. The molecule has 0 unspecified atom stereocenters. The van der Waals surface area contributed by atoms with Crippen molar-refractivity contribution in [3.8, 4) is 11.8 Å². The van der Waals surface area contributed by atoms with E-state index >= 15 is 0 Å². The van der Waals surface area contributed by atoms with E-state index in [1.54, 1.807) is 24.3 Å². The number of phenolic OH excluding ortho intramolecular Hbond substituents is 1. The number of hydrogen-bond donors (Lipinski definition) is 2. The summed E-state index contributed by atoms with van der Waals surface area (Å²) in [6.45, 7) is 0.504. The summed E-state index contributed by atoms with van der Waals surface area (Å²) in [4.78, 5) is 11.7. The van der Waals surface area contributed by atoms with Crippen LogP contribution in [0.1, 0.15) is 5.56 Å². The highest BCUT2D eigenvalue weighted by molar-refractivity contribution is 6.28. The van der Waals surface area contributed by atoms with Crippen molar-refractivity contribution >= 4 is 17.5 Å². The van der Waals surface area contributed by atoms with Gasteiger partial charge in [0, 0.05) is 6.54 Å². The third kappa shape index (κ3) is 3.21. The van der Waals surface area contributed by atoms with Crippen LogP contribution in [0.2, 0.25) is 5.28 Å². The predicted octanol–water partition coefficient (Wildman–Crippen LogP) is 1.85. The van der Waals surface area contributed by atoms with E-state index < -0.39 is 0 Å². The quantitative estimate of drug-likeness (QED) is 0.879. The lowest BCUT2D eigenvalue weighted by Gasteiger charge is -2.06. The van der Waals surface area contributed by atoms with Crippen LogP contribution in [-0.2, 0) is 6.54 Å². The molecule has 1 heterocycles. The Morgan fingerprint density at radius 2 is 1.94 bits per heavy atom. The molecule has 2 N–H and O–H groups in total. The lowest BCUT2D eigenvalue weighted by atomic mass is 10.2. The molecule has 0 aliphatic carbocycles. The van der Waals surface area contributed by atoms with Crippen molar-refractivity contribution in [3.05, 3.63) is 35.1 Å². The van der Waals surface area contributed by atoms with E-state index in [4.69, 9.17) is 21.4 Å². The van der Waals surface area contributed by atoms with Crippen LogP contribution >= 0.6 is 11.6 Å². The van der Waals surface area contributed by atoms with Crippen LogP contribution in [0.25, 0.3) is 0 Å². The standard InChI is InChI=1S/C11H11ClN4O2/c1-18-11-15-9(12)14-10(16-11)13-6-7-2-4-8(17)5-3-7/h2-5,17H,6H2,1H3,(H,13,14,15,16). The summed E-state index contributed by atoms with van der Waals surface area (Å²) in [5.74, 6) is 0.559. The number of aromatic hydroxyl groups is 1. The Kier molecular flexibility index (Phi) is 3.78. The first-order chi connectivity index (χ1) is 8.67. The number of hydrogen-bond acceptors (Lipinski definition) is 6. The highest BCUT2D eigenvalue weighted by Gasteiger charge is 2.04. The molecule has 2 rings (SSSR count). The Hall–Kier alpha value is -2.08. The Bertz CT molecular complexity index is 533. The summed E-state index contributed by atoms with van der Waals surface area (Å²) in [6, 6.07) is 6.96. The normalized spacial score (nSPS) is 10.1. The molecule has 2 aromatic rings. The molecule has 1 aromatic carbocycles. The molecule has 1 aromatic heterocycles. The molecule has 0 saturated carbocycles. The van der Waals surface area contributed by atoms with Crippen molar-refractivity contribution in [3.63, 3.8) is 0 Å². The lowest BCUT2D eigenvalue weighted by Crippen LogP contribution is -2.05. The number of methoxy groups -OCH3 is 1. The molecule has 6 nitrogen and oxygen atoms in total. The SMILES string of the molecule is COc1nc(Cl)nc(NCc2ccc(O)cc2)n1. The zero-order chi connectivity index (χ0) is 13.0. The third-order valence-corrected chi connectivity index (χ3v) is 2.33. The second-order valence-electron chi connectivity index (χ2n) is 3.43. The first kappa shape index (κ1) is 12.4. The molecule has 0 aliphatic rings. The van der Waals surface area contributed by atoms with Crippen molar-refractivity contribution in [1.29, 1.82) is 0 Å². The number of nitrogens with one attached hydrogen (secondary N) is 1. The average Bonchev–Trinajstić information content (AvgIpc) is 2.37. The van der Waals surface area contributed by atoms with Gasteiger partial charge in [-0.3, -0.25) is 0 Å². The smallest absolute Gasteiger partial charge is 0.322 e. The zero-order valence-electron chi connectivity index (χ0n) is 9.59. The van der Waals surface area contributed by atoms with Gasteiger partial charge in [0.1, 0.15) is 5.75 Å². The van der Waals surface area contributed by atoms with E-state index in [2.05, 4.69) is 20.3 Å². The molecule has 0 spiro atoms. The summed E-state index contributed by atoms with van der Waals surface area (Å²) < 4.78 is 4.88. The van der Waals surface area contributed by atoms with Gasteiger partial charge >= 0.3 is 6.01 Å². The fourth-order valence-electron chi connectivity index (χ4n) is 1.30. The molecule has 18 heavy (non-hydrogen) atoms. The second kappa shape index (κ2) is 5.50. The molecule has 0 bridgehead atoms. The number of anilines is 1. The van der Waals surface area contributed by atoms with Gasteiger partial charge in [-0.05, 0) is 29.3 Å². The zero-order valence-corrected chi connectivity index (χ0v) is 10.3. The van der Waals surface area contributed by atoms with E-state index in [1.165, 1.54) is 7.11 Å². The average molecular weight is 267 g/mol. The van der Waals surface area contributed by atoms with Gasteiger partial charge in [0.2, 0.25) is 11.2 Å². The Labute approximate surface area is 109 Å². The van der Waals surface area contributed by atoms with Crippen molar-refractivity contribution in [2.75, 3.05) is 12.4 Å². The van der Waals surface area contributed by atoms with Crippen molar-refractivity contribution in [2.45, 2.75) is 6.54 Å². The van der Waals surface area contributed by atoms with Gasteiger partial charge < -0.3 is 15.2 Å².